The van der Waals surface area contributed by atoms with Gasteiger partial charge in [-0.1, -0.05) is 6.92 Å². The quantitative estimate of drug-likeness (QED) is 0.773. The van der Waals surface area contributed by atoms with Gasteiger partial charge in [0.1, 0.15) is 5.82 Å². The molecule has 5 heteroatoms. The third kappa shape index (κ3) is 4.79. The van der Waals surface area contributed by atoms with Crippen LogP contribution in [0.3, 0.4) is 0 Å². The highest BCUT2D eigenvalue weighted by atomic mass is 19.1. The number of amides is 1. The molecule has 0 aliphatic heterocycles. The highest BCUT2D eigenvalue weighted by Crippen LogP contribution is 2.29. The van der Waals surface area contributed by atoms with Crippen molar-refractivity contribution in [3.05, 3.63) is 35.1 Å². The van der Waals surface area contributed by atoms with E-state index in [0.717, 1.165) is 0 Å². The van der Waals surface area contributed by atoms with Crippen molar-refractivity contribution in [3.8, 4) is 0 Å². The molecule has 1 unspecified atom stereocenters. The summed E-state index contributed by atoms with van der Waals surface area (Å²) < 4.78 is 19.2. The summed E-state index contributed by atoms with van der Waals surface area (Å²) in [6, 6.07) is 3.96. The number of nitrogens with one attached hydrogen (secondary N) is 1. The minimum absolute atomic E-state index is 0.110. The van der Waals surface area contributed by atoms with Gasteiger partial charge in [-0.15, -0.1) is 0 Å². The van der Waals surface area contributed by atoms with E-state index in [1.54, 1.807) is 0 Å². The van der Waals surface area contributed by atoms with Crippen molar-refractivity contribution in [1.82, 2.24) is 5.32 Å². The first kappa shape index (κ1) is 15.9. The number of carbonyl (C=O) groups excluding carboxylic acids is 1. The largest absolute Gasteiger partial charge is 0.394 e. The Kier molecular flexibility index (Phi) is 5.70. The molecule has 21 heavy (non-hydrogen) atoms. The van der Waals surface area contributed by atoms with E-state index >= 15 is 0 Å². The zero-order valence-electron chi connectivity index (χ0n) is 12.3. The number of ether oxygens (including phenoxy) is 1. The Bertz CT molecular complexity index is 484. The van der Waals surface area contributed by atoms with E-state index in [-0.39, 0.29) is 31.0 Å². The van der Waals surface area contributed by atoms with Gasteiger partial charge in [-0.3, -0.25) is 4.79 Å². The van der Waals surface area contributed by atoms with E-state index in [1.165, 1.54) is 31.0 Å². The molecule has 1 amide bonds. The number of benzene rings is 1. The topological polar surface area (TPSA) is 58.6 Å². The van der Waals surface area contributed by atoms with Gasteiger partial charge in [-0.25, -0.2) is 4.39 Å². The molecule has 0 radical (unpaired) electrons. The van der Waals surface area contributed by atoms with Gasteiger partial charge in [0, 0.05) is 17.7 Å². The van der Waals surface area contributed by atoms with Crippen LogP contribution >= 0.6 is 0 Å². The fourth-order valence-corrected chi connectivity index (χ4v) is 1.99. The van der Waals surface area contributed by atoms with Gasteiger partial charge in [0.2, 0.25) is 0 Å². The highest BCUT2D eigenvalue weighted by molar-refractivity contribution is 5.94. The van der Waals surface area contributed by atoms with Crippen LogP contribution in [0.2, 0.25) is 0 Å². The molecule has 116 valence electrons. The molecule has 1 aromatic carbocycles. The summed E-state index contributed by atoms with van der Waals surface area (Å²) in [5, 5.41) is 11.8. The predicted molar refractivity (Wildman–Crippen MR) is 77.4 cm³/mol. The van der Waals surface area contributed by atoms with E-state index in [2.05, 4.69) is 5.32 Å². The molecule has 1 aromatic rings. The van der Waals surface area contributed by atoms with Crippen LogP contribution in [-0.2, 0) is 11.3 Å². The average Bonchev–Trinajstić information content (AvgIpc) is 3.30. The van der Waals surface area contributed by atoms with Gasteiger partial charge >= 0.3 is 0 Å². The second-order valence-corrected chi connectivity index (χ2v) is 5.53. The minimum atomic E-state index is -0.364. The molecule has 0 aromatic heterocycles. The lowest BCUT2D eigenvalue weighted by Gasteiger charge is -2.14. The van der Waals surface area contributed by atoms with E-state index in [0.29, 0.717) is 30.1 Å². The van der Waals surface area contributed by atoms with Crippen molar-refractivity contribution in [3.63, 3.8) is 0 Å². The van der Waals surface area contributed by atoms with Crippen molar-refractivity contribution >= 4 is 5.91 Å². The molecular weight excluding hydrogens is 273 g/mol. The maximum atomic E-state index is 13.7. The summed E-state index contributed by atoms with van der Waals surface area (Å²) in [4.78, 5) is 12.0. The SMILES string of the molecule is CCC(CO)NC(=O)c1ccc(F)c(COCC2CC2)c1. The number of aliphatic hydroxyl groups is 1. The first-order valence-electron chi connectivity index (χ1n) is 7.42. The van der Waals surface area contributed by atoms with Crippen LogP contribution in [0.15, 0.2) is 18.2 Å². The van der Waals surface area contributed by atoms with Crippen LogP contribution in [0.5, 0.6) is 0 Å². The standard InChI is InChI=1S/C16H22FNO3/c1-2-14(8-19)18-16(20)12-5-6-15(17)13(7-12)10-21-9-11-3-4-11/h5-7,11,14,19H,2-4,8-10H2,1H3,(H,18,20). The van der Waals surface area contributed by atoms with Crippen LogP contribution in [0, 0.1) is 11.7 Å². The van der Waals surface area contributed by atoms with Gasteiger partial charge in [0.05, 0.1) is 19.3 Å². The molecule has 4 nitrogen and oxygen atoms in total. The molecule has 0 saturated heterocycles. The van der Waals surface area contributed by atoms with E-state index in [9.17, 15) is 9.18 Å². The van der Waals surface area contributed by atoms with Crippen LogP contribution < -0.4 is 5.32 Å². The number of rotatable bonds is 8. The molecule has 0 bridgehead atoms. The Morgan fingerprint density at radius 3 is 2.90 bits per heavy atom. The van der Waals surface area contributed by atoms with Gasteiger partial charge in [0.25, 0.3) is 5.91 Å². The lowest BCUT2D eigenvalue weighted by Crippen LogP contribution is -2.36. The van der Waals surface area contributed by atoms with Crippen molar-refractivity contribution in [2.45, 2.75) is 38.8 Å². The summed E-state index contributed by atoms with van der Waals surface area (Å²) in [5.41, 5.74) is 0.772. The molecule has 2 N–H and O–H groups in total. The number of hydrogen-bond acceptors (Lipinski definition) is 3. The third-order valence-corrected chi connectivity index (χ3v) is 3.66. The molecule has 0 heterocycles. The summed E-state index contributed by atoms with van der Waals surface area (Å²) in [5.74, 6) is -0.0506. The van der Waals surface area contributed by atoms with Crippen LogP contribution in [0.25, 0.3) is 0 Å². The molecule has 1 aliphatic carbocycles. The fraction of sp³-hybridized carbons (Fsp3) is 0.562. The van der Waals surface area contributed by atoms with E-state index in [4.69, 9.17) is 9.84 Å². The van der Waals surface area contributed by atoms with E-state index in [1.807, 2.05) is 6.92 Å². The predicted octanol–water partition coefficient (Wildman–Crippen LogP) is 2.25. The van der Waals surface area contributed by atoms with Crippen LogP contribution in [0.1, 0.15) is 42.1 Å². The first-order valence-corrected chi connectivity index (χ1v) is 7.42. The molecular formula is C16H22FNO3. The normalized spacial score (nSPS) is 15.8. The molecule has 0 spiro atoms. The summed E-state index contributed by atoms with van der Waals surface area (Å²) in [7, 11) is 0. The maximum absolute atomic E-state index is 13.7. The van der Waals surface area contributed by atoms with Crippen molar-refractivity contribution in [1.29, 1.82) is 0 Å². The highest BCUT2D eigenvalue weighted by Gasteiger charge is 2.21. The van der Waals surface area contributed by atoms with Gasteiger partial charge in [-0.05, 0) is 43.4 Å². The Labute approximate surface area is 124 Å². The van der Waals surface area contributed by atoms with Gasteiger partial charge in [0.15, 0.2) is 0 Å². The summed E-state index contributed by atoms with van der Waals surface area (Å²) >= 11 is 0. The monoisotopic (exact) mass is 295 g/mol. The van der Waals surface area contributed by atoms with E-state index < -0.39 is 0 Å². The second-order valence-electron chi connectivity index (χ2n) is 5.53. The lowest BCUT2D eigenvalue weighted by molar-refractivity contribution is 0.0913. The third-order valence-electron chi connectivity index (χ3n) is 3.66. The molecule has 1 atom stereocenters. The smallest absolute Gasteiger partial charge is 0.251 e. The maximum Gasteiger partial charge on any atom is 0.251 e. The van der Waals surface area contributed by atoms with Crippen molar-refractivity contribution < 1.29 is 19.0 Å². The first-order chi connectivity index (χ1) is 10.1. The Hall–Kier alpha value is -1.46. The molecule has 1 fully saturated rings. The molecule has 2 rings (SSSR count). The zero-order chi connectivity index (χ0) is 15.2. The minimum Gasteiger partial charge on any atom is -0.394 e. The molecule has 1 aliphatic rings. The number of hydrogen-bond donors (Lipinski definition) is 2. The van der Waals surface area contributed by atoms with Crippen molar-refractivity contribution in [2.75, 3.05) is 13.2 Å². The second kappa shape index (κ2) is 7.52. The fourth-order valence-electron chi connectivity index (χ4n) is 1.99. The lowest BCUT2D eigenvalue weighted by atomic mass is 10.1. The number of aliphatic hydroxyl groups excluding tert-OH is 1. The Morgan fingerprint density at radius 2 is 2.29 bits per heavy atom. The summed E-state index contributed by atoms with van der Waals surface area (Å²) in [6.07, 6.45) is 3.01. The average molecular weight is 295 g/mol. The van der Waals surface area contributed by atoms with Crippen LogP contribution in [-0.4, -0.2) is 30.3 Å². The van der Waals surface area contributed by atoms with Crippen LogP contribution in [0.4, 0.5) is 4.39 Å². The molecule has 1 saturated carbocycles. The number of carbonyl (C=O) groups is 1. The van der Waals surface area contributed by atoms with Crippen molar-refractivity contribution in [2.24, 2.45) is 5.92 Å². The van der Waals surface area contributed by atoms with Gasteiger partial charge < -0.3 is 15.2 Å². The Balaban J connectivity index is 1.96. The Morgan fingerprint density at radius 1 is 1.52 bits per heavy atom. The number of halogens is 1. The summed E-state index contributed by atoms with van der Waals surface area (Å²) in [6.45, 7) is 2.60. The zero-order valence-corrected chi connectivity index (χ0v) is 12.3. The van der Waals surface area contributed by atoms with Gasteiger partial charge in [-0.2, -0.15) is 0 Å².